The predicted molar refractivity (Wildman–Crippen MR) is 157 cm³/mol. The minimum Gasteiger partial charge on any atom is -0.285 e. The zero-order valence-corrected chi connectivity index (χ0v) is 22.4. The number of rotatable bonds is 2. The van der Waals surface area contributed by atoms with Gasteiger partial charge in [0.05, 0.1) is 9.40 Å². The Hall–Kier alpha value is -4.86. The van der Waals surface area contributed by atoms with E-state index in [1.165, 1.54) is 27.5 Å². The third-order valence-electron chi connectivity index (χ3n) is 7.33. The third kappa shape index (κ3) is 3.10. The van der Waals surface area contributed by atoms with Crippen LogP contribution in [0.2, 0.25) is 0 Å². The van der Waals surface area contributed by atoms with Crippen molar-refractivity contribution < 1.29 is 19.2 Å². The number of benzene rings is 3. The summed E-state index contributed by atoms with van der Waals surface area (Å²) in [6, 6.07) is 18.1. The molecule has 0 atom stereocenters. The highest BCUT2D eigenvalue weighted by molar-refractivity contribution is 7.28. The van der Waals surface area contributed by atoms with E-state index in [1.54, 1.807) is 55.6 Å². The van der Waals surface area contributed by atoms with Crippen LogP contribution in [0, 0.1) is 0 Å². The maximum atomic E-state index is 12.8. The smallest absolute Gasteiger partial charge is 0.234 e. The van der Waals surface area contributed by atoms with Crippen LogP contribution in [0.15, 0.2) is 60.7 Å². The lowest BCUT2D eigenvalue weighted by molar-refractivity contribution is -0.110. The van der Waals surface area contributed by atoms with Gasteiger partial charge in [-0.25, -0.2) is 0 Å². The van der Waals surface area contributed by atoms with Gasteiger partial charge in [0, 0.05) is 49.8 Å². The van der Waals surface area contributed by atoms with E-state index in [4.69, 9.17) is 0 Å². The number of aryl methyl sites for hydroxylation is 1. The quantitative estimate of drug-likeness (QED) is 0.191. The Balaban J connectivity index is 1.34. The van der Waals surface area contributed by atoms with E-state index in [9.17, 15) is 19.2 Å². The van der Waals surface area contributed by atoms with Gasteiger partial charge in [0.15, 0.2) is 0 Å². The van der Waals surface area contributed by atoms with Crippen LogP contribution >= 0.6 is 22.7 Å². The van der Waals surface area contributed by atoms with E-state index in [1.807, 2.05) is 24.3 Å². The summed E-state index contributed by atoms with van der Waals surface area (Å²) in [5.74, 6) is -1.98. The van der Waals surface area contributed by atoms with Crippen molar-refractivity contribution in [3.63, 3.8) is 0 Å². The standard InChI is InChI=1S/C31H15N3O4S2/c1-34-32-24-22-12-14(10-20-16-6-2-4-8-18(16)26(35)28(20)37)39-30(22)31-23(25(24)33-34)13-15(40-31)11-21-17-7-3-5-9-19(17)27(36)29(21)38/h2-13H,1H3/b20-10-,21-11-. The third-order valence-corrected chi connectivity index (χ3v) is 9.66. The molecule has 3 aromatic heterocycles. The van der Waals surface area contributed by atoms with Crippen LogP contribution in [-0.2, 0) is 16.6 Å². The number of Topliss-reactive ketones (excluding diaryl/α,β-unsaturated/α-hetero) is 4. The molecule has 0 bridgehead atoms. The second-order valence-electron chi connectivity index (χ2n) is 9.69. The second kappa shape index (κ2) is 8.08. The summed E-state index contributed by atoms with van der Waals surface area (Å²) < 4.78 is 1.95. The van der Waals surface area contributed by atoms with Gasteiger partial charge in [-0.2, -0.15) is 15.0 Å². The average molecular weight is 558 g/mol. The van der Waals surface area contributed by atoms with Gasteiger partial charge in [-0.3, -0.25) is 19.2 Å². The molecule has 0 unspecified atom stereocenters. The minimum atomic E-state index is -0.505. The number of carbonyl (C=O) groups is 4. The fourth-order valence-electron chi connectivity index (χ4n) is 5.56. The van der Waals surface area contributed by atoms with E-state index in [0.29, 0.717) is 33.4 Å². The molecule has 0 aliphatic heterocycles. The zero-order chi connectivity index (χ0) is 27.3. The molecule has 0 fully saturated rings. The van der Waals surface area contributed by atoms with Crippen LogP contribution in [0.3, 0.4) is 0 Å². The van der Waals surface area contributed by atoms with Crippen LogP contribution in [0.25, 0.3) is 54.5 Å². The molecule has 0 saturated heterocycles. The minimum absolute atomic E-state index is 0.387. The van der Waals surface area contributed by atoms with Gasteiger partial charge < -0.3 is 0 Å². The molecule has 2 aliphatic rings. The number of nitrogens with zero attached hydrogens (tertiary/aromatic N) is 3. The van der Waals surface area contributed by atoms with Gasteiger partial charge in [-0.15, -0.1) is 22.7 Å². The van der Waals surface area contributed by atoms with E-state index in [-0.39, 0.29) is 0 Å². The fraction of sp³-hybridized carbons (Fsp3) is 0.0323. The van der Waals surface area contributed by atoms with E-state index >= 15 is 0 Å². The van der Waals surface area contributed by atoms with Crippen molar-refractivity contribution >= 4 is 100 Å². The molecule has 6 aromatic rings. The number of carbonyl (C=O) groups excluding carboxylic acids is 4. The summed E-state index contributed by atoms with van der Waals surface area (Å²) in [5, 5.41) is 11.0. The Kier molecular flexibility index (Phi) is 4.66. The van der Waals surface area contributed by atoms with E-state index < -0.39 is 23.1 Å². The molecule has 190 valence electrons. The van der Waals surface area contributed by atoms with Crippen molar-refractivity contribution in [2.24, 2.45) is 7.05 Å². The maximum absolute atomic E-state index is 12.8. The Bertz CT molecular complexity index is 2100. The number of allylic oxidation sites excluding steroid dienone is 2. The molecule has 40 heavy (non-hydrogen) atoms. The van der Waals surface area contributed by atoms with Crippen LogP contribution in [0.4, 0.5) is 0 Å². The lowest BCUT2D eigenvalue weighted by Crippen LogP contribution is -2.05. The normalized spacial score (nSPS) is 16.9. The Morgan fingerprint density at radius 3 is 1.43 bits per heavy atom. The summed E-state index contributed by atoms with van der Waals surface area (Å²) in [7, 11) is 1.77. The number of hydrogen-bond donors (Lipinski definition) is 0. The molecule has 0 saturated carbocycles. The number of fused-ring (bicyclic) bond motifs is 8. The molecule has 0 radical (unpaired) electrons. The van der Waals surface area contributed by atoms with Gasteiger partial charge in [0.2, 0.25) is 23.1 Å². The molecule has 0 N–H and O–H groups in total. The number of ketones is 4. The summed E-state index contributed by atoms with van der Waals surface area (Å²) in [6.07, 6.45) is 3.56. The largest absolute Gasteiger partial charge is 0.285 e. The molecule has 3 aromatic carbocycles. The molecule has 2 aliphatic carbocycles. The van der Waals surface area contributed by atoms with Crippen LogP contribution in [0.1, 0.15) is 41.6 Å². The molecule has 3 heterocycles. The zero-order valence-electron chi connectivity index (χ0n) is 20.7. The van der Waals surface area contributed by atoms with Gasteiger partial charge in [-0.05, 0) is 35.4 Å². The van der Waals surface area contributed by atoms with Crippen molar-refractivity contribution in [3.05, 3.63) is 92.7 Å². The molecule has 0 spiro atoms. The average Bonchev–Trinajstić information content (AvgIpc) is 3.75. The predicted octanol–water partition coefficient (Wildman–Crippen LogP) is 6.01. The number of aromatic nitrogens is 3. The molecule has 7 nitrogen and oxygen atoms in total. The number of thiophene rings is 2. The van der Waals surface area contributed by atoms with Crippen molar-refractivity contribution in [2.45, 2.75) is 0 Å². The SMILES string of the molecule is Cn1nc2c3cc(/C=C4\C(=O)C(=O)c5ccccc54)sc3c3sc(/C=C4\C(=O)C(=O)c5ccccc54)cc3c2n1. The van der Waals surface area contributed by atoms with Gasteiger partial charge in [0.1, 0.15) is 11.0 Å². The Labute approximate surface area is 233 Å². The Morgan fingerprint density at radius 1 is 0.600 bits per heavy atom. The van der Waals surface area contributed by atoms with Crippen molar-refractivity contribution in [2.75, 3.05) is 0 Å². The highest BCUT2D eigenvalue weighted by Crippen LogP contribution is 2.44. The molecular formula is C31H15N3O4S2. The van der Waals surface area contributed by atoms with E-state index in [2.05, 4.69) is 10.2 Å². The lowest BCUT2D eigenvalue weighted by Gasteiger charge is -1.96. The summed E-state index contributed by atoms with van der Waals surface area (Å²) in [6.45, 7) is 0. The first-order valence-electron chi connectivity index (χ1n) is 12.4. The monoisotopic (exact) mass is 557 g/mol. The molecule has 0 amide bonds. The fourth-order valence-corrected chi connectivity index (χ4v) is 7.92. The molecule has 8 rings (SSSR count). The van der Waals surface area contributed by atoms with Crippen LogP contribution in [0.5, 0.6) is 0 Å². The maximum Gasteiger partial charge on any atom is 0.234 e. The van der Waals surface area contributed by atoms with Crippen molar-refractivity contribution in [1.82, 2.24) is 15.0 Å². The number of hydrogen-bond acceptors (Lipinski definition) is 8. The van der Waals surface area contributed by atoms with Crippen LogP contribution < -0.4 is 0 Å². The van der Waals surface area contributed by atoms with Crippen LogP contribution in [-0.4, -0.2) is 38.1 Å². The van der Waals surface area contributed by atoms with Gasteiger partial charge >= 0.3 is 0 Å². The topological polar surface area (TPSA) is 99.0 Å². The highest BCUT2D eigenvalue weighted by atomic mass is 32.1. The Morgan fingerprint density at radius 2 is 1.00 bits per heavy atom. The summed E-state index contributed by atoms with van der Waals surface area (Å²) in [5.41, 5.74) is 4.38. The molecule has 9 heteroatoms. The van der Waals surface area contributed by atoms with Crippen molar-refractivity contribution in [3.8, 4) is 0 Å². The summed E-state index contributed by atoms with van der Waals surface area (Å²) in [4.78, 5) is 53.9. The lowest BCUT2D eigenvalue weighted by atomic mass is 10.1. The van der Waals surface area contributed by atoms with Gasteiger partial charge in [0.25, 0.3) is 0 Å². The molecular weight excluding hydrogens is 542 g/mol. The second-order valence-corrected chi connectivity index (χ2v) is 11.9. The summed E-state index contributed by atoms with van der Waals surface area (Å²) >= 11 is 3.03. The first kappa shape index (κ1) is 23.1. The first-order chi connectivity index (χ1) is 19.4. The highest BCUT2D eigenvalue weighted by Gasteiger charge is 2.34. The van der Waals surface area contributed by atoms with Crippen molar-refractivity contribution in [1.29, 1.82) is 0 Å². The van der Waals surface area contributed by atoms with Gasteiger partial charge in [-0.1, -0.05) is 48.5 Å². The first-order valence-corrected chi connectivity index (χ1v) is 14.0. The van der Waals surface area contributed by atoms with E-state index in [0.717, 1.165) is 41.0 Å².